The van der Waals surface area contributed by atoms with Gasteiger partial charge < -0.3 is 15.1 Å². The molecule has 1 aromatic heterocycles. The fourth-order valence-corrected chi connectivity index (χ4v) is 3.23. The van der Waals surface area contributed by atoms with E-state index in [0.29, 0.717) is 31.0 Å². The molecule has 0 saturated carbocycles. The summed E-state index contributed by atoms with van der Waals surface area (Å²) in [6.07, 6.45) is 0.0378. The number of piperidine rings is 1. The number of hydrogen-bond donors (Lipinski definition) is 2. The Morgan fingerprint density at radius 1 is 1.58 bits per heavy atom. The summed E-state index contributed by atoms with van der Waals surface area (Å²) in [5.41, 5.74) is 0.711. The number of rotatable bonds is 3. The predicted octanol–water partition coefficient (Wildman–Crippen LogP) is 1.69. The number of aliphatic hydroxyl groups is 2. The molecule has 2 heterocycles. The van der Waals surface area contributed by atoms with Crippen LogP contribution in [0.2, 0.25) is 0 Å². The number of thiophene rings is 1. The molecule has 1 amide bonds. The Labute approximate surface area is 117 Å². The maximum atomic E-state index is 12.3. The van der Waals surface area contributed by atoms with Crippen molar-refractivity contribution < 1.29 is 15.0 Å². The minimum atomic E-state index is -0.620. The Bertz CT molecular complexity index is 444. The van der Waals surface area contributed by atoms with Crippen LogP contribution in [0.1, 0.15) is 41.4 Å². The van der Waals surface area contributed by atoms with Gasteiger partial charge >= 0.3 is 0 Å². The molecule has 1 aromatic rings. The first-order valence-electron chi connectivity index (χ1n) is 6.69. The summed E-state index contributed by atoms with van der Waals surface area (Å²) in [6.45, 7) is 5.12. The summed E-state index contributed by atoms with van der Waals surface area (Å²) < 4.78 is 0. The summed E-state index contributed by atoms with van der Waals surface area (Å²) in [5.74, 6) is 0.314. The van der Waals surface area contributed by atoms with Crippen molar-refractivity contribution in [1.82, 2.24) is 4.90 Å². The third-order valence-corrected chi connectivity index (χ3v) is 4.91. The zero-order chi connectivity index (χ0) is 14.0. The maximum Gasteiger partial charge on any atom is 0.254 e. The fourth-order valence-electron chi connectivity index (χ4n) is 2.33. The van der Waals surface area contributed by atoms with Crippen molar-refractivity contribution >= 4 is 17.2 Å². The molecular formula is C14H21NO3S. The van der Waals surface area contributed by atoms with Gasteiger partial charge in [0.2, 0.25) is 0 Å². The van der Waals surface area contributed by atoms with Gasteiger partial charge in [-0.25, -0.2) is 0 Å². The first-order chi connectivity index (χ1) is 9.02. The molecule has 1 saturated heterocycles. The number of likely N-dealkylation sites (tertiary alicyclic amines) is 1. The van der Waals surface area contributed by atoms with Gasteiger partial charge in [0, 0.05) is 35.9 Å². The number of aliphatic hydroxyl groups excluding tert-OH is 2. The highest BCUT2D eigenvalue weighted by atomic mass is 32.1. The number of carbonyl (C=O) groups excluding carboxylic acids is 1. The summed E-state index contributed by atoms with van der Waals surface area (Å²) in [7, 11) is 0. The zero-order valence-corrected chi connectivity index (χ0v) is 12.2. The number of hydrogen-bond acceptors (Lipinski definition) is 4. The summed E-state index contributed by atoms with van der Waals surface area (Å²) in [6, 6.07) is 1.95. The van der Waals surface area contributed by atoms with Crippen molar-refractivity contribution in [1.29, 1.82) is 0 Å². The number of amides is 1. The van der Waals surface area contributed by atoms with Crippen LogP contribution in [-0.2, 0) is 0 Å². The molecule has 0 spiro atoms. The SMILES string of the molecule is CC(C)c1cc(C(=O)N2CC[C@H](CO)[C@H](O)C2)cs1. The Morgan fingerprint density at radius 2 is 2.32 bits per heavy atom. The van der Waals surface area contributed by atoms with Crippen LogP contribution < -0.4 is 0 Å². The lowest BCUT2D eigenvalue weighted by atomic mass is 9.94. The van der Waals surface area contributed by atoms with Gasteiger partial charge in [-0.15, -0.1) is 11.3 Å². The van der Waals surface area contributed by atoms with Gasteiger partial charge in [-0.05, 0) is 18.4 Å². The molecule has 0 unspecified atom stereocenters. The Kier molecular flexibility index (Phi) is 4.60. The van der Waals surface area contributed by atoms with E-state index in [4.69, 9.17) is 5.11 Å². The van der Waals surface area contributed by atoms with Gasteiger partial charge in [-0.3, -0.25) is 4.79 Å². The van der Waals surface area contributed by atoms with E-state index in [0.717, 1.165) is 0 Å². The summed E-state index contributed by atoms with van der Waals surface area (Å²) >= 11 is 1.61. The molecule has 1 fully saturated rings. The minimum Gasteiger partial charge on any atom is -0.396 e. The van der Waals surface area contributed by atoms with E-state index in [1.54, 1.807) is 16.2 Å². The molecule has 0 aromatic carbocycles. The topological polar surface area (TPSA) is 60.8 Å². The van der Waals surface area contributed by atoms with Gasteiger partial charge in [0.25, 0.3) is 5.91 Å². The third kappa shape index (κ3) is 3.16. The summed E-state index contributed by atoms with van der Waals surface area (Å²) in [5, 5.41) is 20.9. The van der Waals surface area contributed by atoms with Gasteiger partial charge in [-0.1, -0.05) is 13.8 Å². The lowest BCUT2D eigenvalue weighted by Gasteiger charge is -2.35. The fraction of sp³-hybridized carbons (Fsp3) is 0.643. The van der Waals surface area contributed by atoms with Crippen LogP contribution in [0.25, 0.3) is 0 Å². The van der Waals surface area contributed by atoms with Gasteiger partial charge in [0.05, 0.1) is 11.7 Å². The Balaban J connectivity index is 2.03. The van der Waals surface area contributed by atoms with Gasteiger partial charge in [0.15, 0.2) is 0 Å². The highest BCUT2D eigenvalue weighted by Gasteiger charge is 2.30. The van der Waals surface area contributed by atoms with Crippen molar-refractivity contribution in [3.8, 4) is 0 Å². The van der Waals surface area contributed by atoms with Crippen LogP contribution >= 0.6 is 11.3 Å². The number of β-amino-alcohol motifs (C(OH)–C–C–N with tert-alkyl or cyclic N) is 1. The molecule has 1 aliphatic rings. The zero-order valence-electron chi connectivity index (χ0n) is 11.4. The molecule has 5 heteroatoms. The average Bonchev–Trinajstić information content (AvgIpc) is 2.87. The molecule has 0 aliphatic carbocycles. The molecule has 106 valence electrons. The van der Waals surface area contributed by atoms with Crippen molar-refractivity contribution in [3.05, 3.63) is 21.9 Å². The number of nitrogens with zero attached hydrogens (tertiary/aromatic N) is 1. The third-order valence-electron chi connectivity index (χ3n) is 3.68. The smallest absolute Gasteiger partial charge is 0.254 e. The highest BCUT2D eigenvalue weighted by molar-refractivity contribution is 7.10. The minimum absolute atomic E-state index is 0.0147. The van der Waals surface area contributed by atoms with Crippen molar-refractivity contribution in [3.63, 3.8) is 0 Å². The average molecular weight is 283 g/mol. The number of carbonyl (C=O) groups is 1. The molecule has 2 rings (SSSR count). The molecule has 2 N–H and O–H groups in total. The first-order valence-corrected chi connectivity index (χ1v) is 7.57. The molecule has 1 aliphatic heterocycles. The molecule has 4 nitrogen and oxygen atoms in total. The van der Waals surface area contributed by atoms with Crippen LogP contribution in [0.3, 0.4) is 0 Å². The molecule has 2 atom stereocenters. The molecule has 19 heavy (non-hydrogen) atoms. The molecular weight excluding hydrogens is 262 g/mol. The first kappa shape index (κ1) is 14.5. The molecule has 0 radical (unpaired) electrons. The second-order valence-corrected chi connectivity index (χ2v) is 6.39. The van der Waals surface area contributed by atoms with Crippen LogP contribution in [0, 0.1) is 5.92 Å². The van der Waals surface area contributed by atoms with Crippen molar-refractivity contribution in [2.45, 2.75) is 32.3 Å². The normalized spacial score (nSPS) is 23.9. The Morgan fingerprint density at radius 3 is 2.84 bits per heavy atom. The van der Waals surface area contributed by atoms with Crippen LogP contribution in [-0.4, -0.2) is 46.8 Å². The molecule has 0 bridgehead atoms. The maximum absolute atomic E-state index is 12.3. The quantitative estimate of drug-likeness (QED) is 0.887. The van der Waals surface area contributed by atoms with E-state index in [1.807, 2.05) is 11.4 Å². The van der Waals surface area contributed by atoms with Crippen LogP contribution in [0.5, 0.6) is 0 Å². The van der Waals surface area contributed by atoms with Crippen LogP contribution in [0.4, 0.5) is 0 Å². The lowest BCUT2D eigenvalue weighted by molar-refractivity contribution is 0.000896. The second-order valence-electron chi connectivity index (χ2n) is 5.44. The lowest BCUT2D eigenvalue weighted by Crippen LogP contribution is -2.47. The van der Waals surface area contributed by atoms with Crippen LogP contribution in [0.15, 0.2) is 11.4 Å². The van der Waals surface area contributed by atoms with E-state index in [-0.39, 0.29) is 18.4 Å². The second kappa shape index (κ2) is 6.03. The van der Waals surface area contributed by atoms with E-state index >= 15 is 0 Å². The van der Waals surface area contributed by atoms with E-state index in [2.05, 4.69) is 13.8 Å². The van der Waals surface area contributed by atoms with E-state index in [1.165, 1.54) is 4.88 Å². The van der Waals surface area contributed by atoms with Crippen molar-refractivity contribution in [2.75, 3.05) is 19.7 Å². The summed E-state index contributed by atoms with van der Waals surface area (Å²) in [4.78, 5) is 15.2. The van der Waals surface area contributed by atoms with E-state index in [9.17, 15) is 9.90 Å². The van der Waals surface area contributed by atoms with Crippen molar-refractivity contribution in [2.24, 2.45) is 5.92 Å². The largest absolute Gasteiger partial charge is 0.396 e. The predicted molar refractivity (Wildman–Crippen MR) is 75.5 cm³/mol. The van der Waals surface area contributed by atoms with E-state index < -0.39 is 6.10 Å². The standard InChI is InChI=1S/C14H21NO3S/c1-9(2)13-5-11(8-19-13)14(18)15-4-3-10(7-16)12(17)6-15/h5,8-10,12,16-17H,3-4,6-7H2,1-2H3/t10-,12-/m1/s1. The monoisotopic (exact) mass is 283 g/mol. The highest BCUT2D eigenvalue weighted by Crippen LogP contribution is 2.25. The Hall–Kier alpha value is -0.910. The van der Waals surface area contributed by atoms with Gasteiger partial charge in [0.1, 0.15) is 0 Å². The van der Waals surface area contributed by atoms with Gasteiger partial charge in [-0.2, -0.15) is 0 Å².